The Labute approximate surface area is 69.3 Å². The zero-order chi connectivity index (χ0) is 9.19. The highest BCUT2D eigenvalue weighted by Crippen LogP contribution is 2.24. The van der Waals surface area contributed by atoms with E-state index in [0.29, 0.717) is 19.4 Å². The molecule has 0 N–H and O–H groups in total. The molecule has 0 aromatic rings. The first-order chi connectivity index (χ1) is 5.47. The van der Waals surface area contributed by atoms with Crippen molar-refractivity contribution < 1.29 is 17.9 Å². The zero-order valence-electron chi connectivity index (χ0n) is 6.77. The fourth-order valence-electron chi connectivity index (χ4n) is 1.25. The van der Waals surface area contributed by atoms with Crippen LogP contribution in [0.2, 0.25) is 0 Å². The largest absolute Gasteiger partial charge is 0.522 e. The Bertz CT molecular complexity index is 148. The third-order valence-corrected chi connectivity index (χ3v) is 1.72. The van der Waals surface area contributed by atoms with Gasteiger partial charge in [0.2, 0.25) is 0 Å². The molecule has 1 unspecified atom stereocenters. The molecule has 71 valence electrons. The maximum absolute atomic E-state index is 11.7. The lowest BCUT2D eigenvalue weighted by Crippen LogP contribution is -2.37. The van der Waals surface area contributed by atoms with Crippen LogP contribution in [0, 0.1) is 6.54 Å². The smallest absolute Gasteiger partial charge is 0.299 e. The molecule has 0 spiro atoms. The number of nitrogens with zero attached hydrogens (tertiary/aromatic N) is 1. The molecule has 2 nitrogen and oxygen atoms in total. The van der Waals surface area contributed by atoms with Crippen molar-refractivity contribution in [2.45, 2.75) is 25.3 Å². The van der Waals surface area contributed by atoms with Gasteiger partial charge in [0.1, 0.15) is 0 Å². The minimum absolute atomic E-state index is 0.319. The van der Waals surface area contributed by atoms with Gasteiger partial charge in [-0.25, -0.2) is 0 Å². The lowest BCUT2D eigenvalue weighted by molar-refractivity contribution is -0.345. The summed E-state index contributed by atoms with van der Waals surface area (Å²) in [6.45, 7) is 2.19. The quantitative estimate of drug-likeness (QED) is 0.612. The molecule has 12 heavy (non-hydrogen) atoms. The highest BCUT2D eigenvalue weighted by Gasteiger charge is 2.34. The van der Waals surface area contributed by atoms with Crippen LogP contribution in [0.4, 0.5) is 13.2 Å². The maximum atomic E-state index is 11.7. The van der Waals surface area contributed by atoms with E-state index in [0.717, 1.165) is 0 Å². The summed E-state index contributed by atoms with van der Waals surface area (Å²) in [6, 6.07) is 0. The highest BCUT2D eigenvalue weighted by atomic mass is 19.4. The molecule has 1 saturated heterocycles. The molecule has 0 aromatic heterocycles. The molecule has 0 aromatic carbocycles. The average Bonchev–Trinajstić information content (AvgIpc) is 1.82. The summed E-state index contributed by atoms with van der Waals surface area (Å²) < 4.78 is 39.0. The number of alkyl halides is 3. The molecule has 1 fully saturated rings. The molecule has 1 rings (SSSR count). The fourth-order valence-corrected chi connectivity index (χ4v) is 1.25. The molecule has 0 bridgehead atoms. The van der Waals surface area contributed by atoms with E-state index in [-0.39, 0.29) is 0 Å². The minimum atomic E-state index is -4.50. The van der Waals surface area contributed by atoms with Crippen LogP contribution in [0.1, 0.15) is 12.8 Å². The minimum Gasteiger partial charge on any atom is -0.299 e. The van der Waals surface area contributed by atoms with E-state index in [1.807, 2.05) is 6.54 Å². The normalized spacial score (nSPS) is 27.5. The van der Waals surface area contributed by atoms with Crippen molar-refractivity contribution in [3.63, 3.8) is 0 Å². The zero-order valence-corrected chi connectivity index (χ0v) is 6.77. The van der Waals surface area contributed by atoms with Gasteiger partial charge in [-0.05, 0) is 19.9 Å². The number of likely N-dealkylation sites (N-methyl/N-ethyl adjacent to an activating group) is 1. The van der Waals surface area contributed by atoms with Gasteiger partial charge in [0.05, 0.1) is 6.10 Å². The van der Waals surface area contributed by atoms with E-state index in [9.17, 15) is 13.2 Å². The van der Waals surface area contributed by atoms with Crippen LogP contribution < -0.4 is 0 Å². The van der Waals surface area contributed by atoms with Crippen LogP contribution in [-0.2, 0) is 4.74 Å². The van der Waals surface area contributed by atoms with Crippen LogP contribution in [0.25, 0.3) is 0 Å². The van der Waals surface area contributed by atoms with Crippen LogP contribution >= 0.6 is 0 Å². The fraction of sp³-hybridized carbons (Fsp3) is 0.857. The van der Waals surface area contributed by atoms with E-state index in [4.69, 9.17) is 0 Å². The van der Waals surface area contributed by atoms with E-state index in [1.165, 1.54) is 0 Å². The lowest BCUT2D eigenvalue weighted by Gasteiger charge is -2.29. The Morgan fingerprint density at radius 3 is 2.67 bits per heavy atom. The number of halogens is 3. The summed E-state index contributed by atoms with van der Waals surface area (Å²) in [5.41, 5.74) is 0. The van der Waals surface area contributed by atoms with Gasteiger partial charge in [0.25, 0.3) is 0 Å². The number of likely N-dealkylation sites (tertiary alicyclic amines) is 1. The second-order valence-electron chi connectivity index (χ2n) is 2.89. The average molecular weight is 182 g/mol. The van der Waals surface area contributed by atoms with Gasteiger partial charge in [-0.15, -0.1) is 13.2 Å². The molecule has 1 heterocycles. The van der Waals surface area contributed by atoms with Gasteiger partial charge in [0.15, 0.2) is 0 Å². The van der Waals surface area contributed by atoms with Crippen molar-refractivity contribution in [3.05, 3.63) is 6.54 Å². The first-order valence-electron chi connectivity index (χ1n) is 3.75. The van der Waals surface area contributed by atoms with Gasteiger partial charge >= 0.3 is 6.36 Å². The molecular weight excluding hydrogens is 171 g/mol. The van der Waals surface area contributed by atoms with E-state index in [1.54, 1.807) is 11.9 Å². The first-order valence-corrected chi connectivity index (χ1v) is 3.75. The number of ether oxygens (including phenoxy) is 1. The van der Waals surface area contributed by atoms with E-state index >= 15 is 0 Å². The summed E-state index contributed by atoms with van der Waals surface area (Å²) in [7, 11) is 1.74. The van der Waals surface area contributed by atoms with Crippen molar-refractivity contribution in [3.8, 4) is 0 Å². The molecule has 1 aliphatic heterocycles. The Morgan fingerprint density at radius 1 is 1.50 bits per heavy atom. The van der Waals surface area contributed by atoms with Crippen molar-refractivity contribution in [2.24, 2.45) is 0 Å². The van der Waals surface area contributed by atoms with Crippen LogP contribution in [-0.4, -0.2) is 31.0 Å². The van der Waals surface area contributed by atoms with Crippen molar-refractivity contribution in [1.82, 2.24) is 4.90 Å². The summed E-state index contributed by atoms with van der Waals surface area (Å²) in [5, 5.41) is 0. The molecular formula is C7H11F3NO. The van der Waals surface area contributed by atoms with Crippen molar-refractivity contribution in [1.29, 1.82) is 0 Å². The third kappa shape index (κ3) is 3.40. The Morgan fingerprint density at radius 2 is 2.17 bits per heavy atom. The SMILES string of the molecule is CN1[CH]CCC(OC(F)(F)F)C1. The van der Waals surface area contributed by atoms with Gasteiger partial charge in [-0.2, -0.15) is 0 Å². The molecule has 5 heteroatoms. The summed E-state index contributed by atoms with van der Waals surface area (Å²) in [4.78, 5) is 1.72. The topological polar surface area (TPSA) is 12.5 Å². The maximum Gasteiger partial charge on any atom is 0.522 e. The molecule has 0 amide bonds. The van der Waals surface area contributed by atoms with Crippen molar-refractivity contribution >= 4 is 0 Å². The lowest BCUT2D eigenvalue weighted by atomic mass is 10.1. The predicted molar refractivity (Wildman–Crippen MR) is 37.1 cm³/mol. The molecule has 1 aliphatic rings. The summed E-state index contributed by atoms with van der Waals surface area (Å²) in [6.07, 6.45) is -4.11. The van der Waals surface area contributed by atoms with Gasteiger partial charge in [-0.3, -0.25) is 9.64 Å². The number of hydrogen-bond donors (Lipinski definition) is 0. The Kier molecular flexibility index (Phi) is 2.95. The second-order valence-corrected chi connectivity index (χ2v) is 2.89. The van der Waals surface area contributed by atoms with E-state index in [2.05, 4.69) is 4.74 Å². The van der Waals surface area contributed by atoms with E-state index < -0.39 is 12.5 Å². The molecule has 1 atom stereocenters. The number of hydrogen-bond acceptors (Lipinski definition) is 2. The molecule has 0 aliphatic carbocycles. The second kappa shape index (κ2) is 3.62. The highest BCUT2D eigenvalue weighted by molar-refractivity contribution is 4.78. The van der Waals surface area contributed by atoms with Crippen molar-refractivity contribution in [2.75, 3.05) is 13.6 Å². The summed E-state index contributed by atoms with van der Waals surface area (Å²) in [5.74, 6) is 0. The number of rotatable bonds is 1. The van der Waals surface area contributed by atoms with Crippen LogP contribution in [0.5, 0.6) is 0 Å². The van der Waals surface area contributed by atoms with Crippen LogP contribution in [0.3, 0.4) is 0 Å². The summed E-state index contributed by atoms with van der Waals surface area (Å²) >= 11 is 0. The molecule has 0 saturated carbocycles. The Hall–Kier alpha value is -0.290. The van der Waals surface area contributed by atoms with Crippen LogP contribution in [0.15, 0.2) is 0 Å². The monoisotopic (exact) mass is 182 g/mol. The van der Waals surface area contributed by atoms with Gasteiger partial charge < -0.3 is 0 Å². The van der Waals surface area contributed by atoms with Gasteiger partial charge in [-0.1, -0.05) is 0 Å². The molecule has 1 radical (unpaired) electrons. The predicted octanol–water partition coefficient (Wildman–Crippen LogP) is 1.78. The first kappa shape index (κ1) is 9.80. The standard InChI is InChI=1S/C7H11F3NO/c1-11-4-2-3-6(5-11)12-7(8,9)10/h4,6H,2-3,5H2,1H3. The number of piperidine rings is 1. The Balaban J connectivity index is 2.32. The van der Waals surface area contributed by atoms with Gasteiger partial charge in [0, 0.05) is 13.1 Å². The third-order valence-electron chi connectivity index (χ3n) is 1.72.